The second-order valence-electron chi connectivity index (χ2n) is 4.62. The molecule has 21 heavy (non-hydrogen) atoms. The first-order valence-corrected chi connectivity index (χ1v) is 6.57. The van der Waals surface area contributed by atoms with Gasteiger partial charge in [0.25, 0.3) is 0 Å². The molecule has 3 heterocycles. The zero-order valence-corrected chi connectivity index (χ0v) is 11.8. The van der Waals surface area contributed by atoms with Gasteiger partial charge in [-0.15, -0.1) is 0 Å². The predicted octanol–water partition coefficient (Wildman–Crippen LogP) is -0.673. The molecule has 1 saturated heterocycles. The Morgan fingerprint density at radius 3 is 2.95 bits per heavy atom. The zero-order valence-electron chi connectivity index (χ0n) is 11.0. The fraction of sp³-hybridized carbons (Fsp3) is 0.545. The number of hydrogen-bond donors (Lipinski definition) is 3. The summed E-state index contributed by atoms with van der Waals surface area (Å²) in [6.07, 6.45) is -2.02. The Morgan fingerprint density at radius 1 is 1.52 bits per heavy atom. The molecule has 4 N–H and O–H groups in total. The second kappa shape index (κ2) is 5.35. The van der Waals surface area contributed by atoms with Gasteiger partial charge in [0.05, 0.1) is 6.61 Å². The van der Waals surface area contributed by atoms with Crippen molar-refractivity contribution in [1.82, 2.24) is 19.5 Å². The van der Waals surface area contributed by atoms with Gasteiger partial charge in [-0.2, -0.15) is 0 Å². The Bertz CT molecular complexity index is 665. The Labute approximate surface area is 124 Å². The van der Waals surface area contributed by atoms with E-state index in [0.717, 1.165) is 0 Å². The number of aliphatic hydroxyl groups is 2. The third-order valence-corrected chi connectivity index (χ3v) is 3.75. The van der Waals surface area contributed by atoms with Crippen LogP contribution in [0.3, 0.4) is 0 Å². The minimum Gasteiger partial charge on any atom is -0.394 e. The summed E-state index contributed by atoms with van der Waals surface area (Å²) in [5.41, 5.74) is 6.44. The molecular formula is C11H14ClN5O4. The minimum atomic E-state index is -1.00. The van der Waals surface area contributed by atoms with Gasteiger partial charge in [0.2, 0.25) is 5.28 Å². The lowest BCUT2D eigenvalue weighted by molar-refractivity contribution is -0.0581. The van der Waals surface area contributed by atoms with Crippen LogP contribution in [-0.2, 0) is 9.47 Å². The summed E-state index contributed by atoms with van der Waals surface area (Å²) >= 11 is 6.13. The number of ether oxygens (including phenoxy) is 2. The van der Waals surface area contributed by atoms with Crippen molar-refractivity contribution in [2.45, 2.75) is 24.5 Å². The highest BCUT2D eigenvalue weighted by Crippen LogP contribution is 2.36. The van der Waals surface area contributed by atoms with Gasteiger partial charge in [-0.3, -0.25) is 4.57 Å². The number of nitrogens with two attached hydrogens (primary N) is 1. The van der Waals surface area contributed by atoms with Gasteiger partial charge >= 0.3 is 0 Å². The van der Waals surface area contributed by atoms with Crippen molar-refractivity contribution < 1.29 is 19.7 Å². The molecule has 0 aromatic carbocycles. The maximum Gasteiger partial charge on any atom is 0.207 e. The van der Waals surface area contributed by atoms with E-state index in [2.05, 4.69) is 15.0 Å². The number of nitrogen functional groups attached to an aromatic ring is 1. The summed E-state index contributed by atoms with van der Waals surface area (Å²) in [6, 6.07) is 0. The summed E-state index contributed by atoms with van der Waals surface area (Å²) in [6.45, 7) is -0.348. The van der Waals surface area contributed by atoms with E-state index >= 15 is 0 Å². The van der Waals surface area contributed by atoms with E-state index < -0.39 is 24.5 Å². The summed E-state index contributed by atoms with van der Waals surface area (Å²) in [5.74, 6) is 0.187. The fourth-order valence-electron chi connectivity index (χ4n) is 2.46. The normalized spacial score (nSPS) is 29.3. The number of fused-ring (bicyclic) bond motifs is 1. The van der Waals surface area contributed by atoms with Crippen molar-refractivity contribution in [1.29, 1.82) is 0 Å². The average Bonchev–Trinajstić information content (AvgIpc) is 2.96. The number of imidazole rings is 1. The topological polar surface area (TPSA) is 129 Å². The van der Waals surface area contributed by atoms with Gasteiger partial charge in [-0.05, 0) is 11.6 Å². The SMILES string of the molecule is COC1C(O)C(CO)OC1n1c(Cl)nc2c(N)ncnc21. The van der Waals surface area contributed by atoms with Crippen LogP contribution in [0.2, 0.25) is 5.28 Å². The molecule has 2 aromatic rings. The average molecular weight is 316 g/mol. The molecule has 2 aromatic heterocycles. The van der Waals surface area contributed by atoms with E-state index in [4.69, 9.17) is 26.8 Å². The van der Waals surface area contributed by atoms with Crippen LogP contribution in [0, 0.1) is 0 Å². The molecule has 3 rings (SSSR count). The van der Waals surface area contributed by atoms with Crippen molar-refractivity contribution in [3.8, 4) is 0 Å². The quantitative estimate of drug-likeness (QED) is 0.636. The summed E-state index contributed by atoms with van der Waals surface area (Å²) in [5, 5.41) is 19.4. The molecule has 0 radical (unpaired) electrons. The number of anilines is 1. The summed E-state index contributed by atoms with van der Waals surface area (Å²) in [7, 11) is 1.43. The first kappa shape index (κ1) is 14.4. The largest absolute Gasteiger partial charge is 0.394 e. The van der Waals surface area contributed by atoms with Crippen LogP contribution in [-0.4, -0.2) is 61.8 Å². The van der Waals surface area contributed by atoms with Crippen LogP contribution in [0.4, 0.5) is 5.82 Å². The highest BCUT2D eigenvalue weighted by molar-refractivity contribution is 6.29. The number of rotatable bonds is 3. The van der Waals surface area contributed by atoms with Crippen molar-refractivity contribution in [2.75, 3.05) is 19.5 Å². The van der Waals surface area contributed by atoms with Crippen LogP contribution in [0.15, 0.2) is 6.33 Å². The van der Waals surface area contributed by atoms with E-state index in [1.165, 1.54) is 18.0 Å². The number of halogens is 1. The maximum absolute atomic E-state index is 10.1. The van der Waals surface area contributed by atoms with E-state index in [1.807, 2.05) is 0 Å². The number of aliphatic hydroxyl groups excluding tert-OH is 2. The third kappa shape index (κ3) is 2.14. The van der Waals surface area contributed by atoms with E-state index in [-0.39, 0.29) is 17.7 Å². The lowest BCUT2D eigenvalue weighted by atomic mass is 10.1. The van der Waals surface area contributed by atoms with Gasteiger partial charge < -0.3 is 25.4 Å². The standard InChI is InChI=1S/C11H14ClN5O4/c1-20-7-6(19)4(2-18)21-10(7)17-9-5(16-11(17)12)8(13)14-3-15-9/h3-4,6-7,10,18-19H,2H2,1H3,(H2,13,14,15). The highest BCUT2D eigenvalue weighted by Gasteiger charge is 2.46. The molecule has 9 nitrogen and oxygen atoms in total. The summed E-state index contributed by atoms with van der Waals surface area (Å²) < 4.78 is 12.3. The van der Waals surface area contributed by atoms with Gasteiger partial charge in [0.1, 0.15) is 24.6 Å². The molecule has 0 aliphatic carbocycles. The molecule has 0 spiro atoms. The maximum atomic E-state index is 10.1. The first-order valence-electron chi connectivity index (χ1n) is 6.19. The lowest BCUT2D eigenvalue weighted by Crippen LogP contribution is -2.34. The predicted molar refractivity (Wildman–Crippen MR) is 72.5 cm³/mol. The van der Waals surface area contributed by atoms with E-state index in [0.29, 0.717) is 11.2 Å². The van der Waals surface area contributed by atoms with Crippen LogP contribution < -0.4 is 5.73 Å². The van der Waals surface area contributed by atoms with Crippen molar-refractivity contribution in [3.63, 3.8) is 0 Å². The zero-order chi connectivity index (χ0) is 15.1. The molecule has 0 amide bonds. The summed E-state index contributed by atoms with van der Waals surface area (Å²) in [4.78, 5) is 12.0. The number of hydrogen-bond acceptors (Lipinski definition) is 8. The molecule has 1 aliphatic heterocycles. The van der Waals surface area contributed by atoms with Gasteiger partial charge in [0.15, 0.2) is 23.2 Å². The Balaban J connectivity index is 2.12. The molecule has 1 aliphatic rings. The van der Waals surface area contributed by atoms with Crippen LogP contribution in [0.1, 0.15) is 6.23 Å². The van der Waals surface area contributed by atoms with E-state index in [1.54, 1.807) is 0 Å². The molecule has 0 bridgehead atoms. The van der Waals surface area contributed by atoms with Crippen LogP contribution in [0.25, 0.3) is 11.2 Å². The monoisotopic (exact) mass is 315 g/mol. The molecule has 4 atom stereocenters. The minimum absolute atomic E-state index is 0.0787. The Hall–Kier alpha value is -1.52. The highest BCUT2D eigenvalue weighted by atomic mass is 35.5. The second-order valence-corrected chi connectivity index (χ2v) is 4.96. The Morgan fingerprint density at radius 2 is 2.29 bits per heavy atom. The number of nitrogens with zero attached hydrogens (tertiary/aromatic N) is 4. The Kier molecular flexibility index (Phi) is 3.68. The lowest BCUT2D eigenvalue weighted by Gasteiger charge is -2.20. The number of aromatic nitrogens is 4. The third-order valence-electron chi connectivity index (χ3n) is 3.48. The molecule has 0 saturated carbocycles. The van der Waals surface area contributed by atoms with Crippen molar-refractivity contribution >= 4 is 28.6 Å². The van der Waals surface area contributed by atoms with Crippen LogP contribution in [0.5, 0.6) is 0 Å². The van der Waals surface area contributed by atoms with E-state index in [9.17, 15) is 10.2 Å². The smallest absolute Gasteiger partial charge is 0.207 e. The molecule has 114 valence electrons. The number of methoxy groups -OCH3 is 1. The van der Waals surface area contributed by atoms with Gasteiger partial charge in [0, 0.05) is 7.11 Å². The molecule has 4 unspecified atom stereocenters. The van der Waals surface area contributed by atoms with Crippen molar-refractivity contribution in [2.24, 2.45) is 0 Å². The van der Waals surface area contributed by atoms with Crippen molar-refractivity contribution in [3.05, 3.63) is 11.6 Å². The van der Waals surface area contributed by atoms with Gasteiger partial charge in [-0.25, -0.2) is 15.0 Å². The molecule has 10 heteroatoms. The molecular weight excluding hydrogens is 302 g/mol. The fourth-order valence-corrected chi connectivity index (χ4v) is 2.72. The first-order chi connectivity index (χ1) is 10.1. The van der Waals surface area contributed by atoms with Crippen LogP contribution >= 0.6 is 11.6 Å². The molecule has 1 fully saturated rings. The van der Waals surface area contributed by atoms with Gasteiger partial charge in [-0.1, -0.05) is 0 Å².